The molecule has 2 rings (SSSR count). The topological polar surface area (TPSA) is 71.3 Å². The fraction of sp³-hybridized carbons (Fsp3) is 0.333. The molecule has 0 aliphatic carbocycles. The molecule has 0 aliphatic rings. The molecule has 6 heteroatoms. The van der Waals surface area contributed by atoms with Gasteiger partial charge in [0.25, 0.3) is 5.91 Å². The van der Waals surface area contributed by atoms with Gasteiger partial charge in [-0.2, -0.15) is 0 Å². The highest BCUT2D eigenvalue weighted by Crippen LogP contribution is 2.15. The van der Waals surface area contributed by atoms with E-state index in [0.717, 1.165) is 6.42 Å². The number of halogens is 1. The van der Waals surface area contributed by atoms with E-state index < -0.39 is 5.91 Å². The van der Waals surface area contributed by atoms with Crippen molar-refractivity contribution in [3.8, 4) is 0 Å². The van der Waals surface area contributed by atoms with Crippen LogP contribution >= 0.6 is 15.9 Å². The number of nitrogens with one attached hydrogen (secondary N) is 2. The third-order valence-corrected chi connectivity index (χ3v) is 4.01. The van der Waals surface area contributed by atoms with Gasteiger partial charge in [-0.15, -0.1) is 0 Å². The molecule has 2 N–H and O–H groups in total. The van der Waals surface area contributed by atoms with E-state index in [9.17, 15) is 9.59 Å². The molecule has 0 saturated carbocycles. The van der Waals surface area contributed by atoms with Crippen molar-refractivity contribution < 1.29 is 14.0 Å². The van der Waals surface area contributed by atoms with Crippen molar-refractivity contribution in [3.63, 3.8) is 0 Å². The van der Waals surface area contributed by atoms with E-state index in [1.807, 2.05) is 0 Å². The van der Waals surface area contributed by atoms with E-state index in [-0.39, 0.29) is 18.2 Å². The number of rotatable bonds is 7. The summed E-state index contributed by atoms with van der Waals surface area (Å²) in [6, 6.07) is 11.6. The third-order valence-electron chi connectivity index (χ3n) is 3.59. The summed E-state index contributed by atoms with van der Waals surface area (Å²) in [5, 5.41) is 5.30. The number of carbonyl (C=O) groups excluding carboxylic acids is 2. The molecule has 0 fully saturated rings. The maximum Gasteiger partial charge on any atom is 0.287 e. The fourth-order valence-electron chi connectivity index (χ4n) is 2.16. The lowest BCUT2D eigenvalue weighted by molar-refractivity contribution is -0.120. The fourth-order valence-corrected chi connectivity index (χ4v) is 2.47. The number of benzene rings is 1. The summed E-state index contributed by atoms with van der Waals surface area (Å²) in [5.41, 5.74) is 2.47. The summed E-state index contributed by atoms with van der Waals surface area (Å²) < 4.78 is 5.59. The van der Waals surface area contributed by atoms with E-state index >= 15 is 0 Å². The van der Waals surface area contributed by atoms with Crippen molar-refractivity contribution in [2.75, 3.05) is 13.1 Å². The van der Waals surface area contributed by atoms with Crippen LogP contribution in [-0.2, 0) is 11.2 Å². The summed E-state index contributed by atoms with van der Waals surface area (Å²) in [4.78, 5) is 23.5. The predicted molar refractivity (Wildman–Crippen MR) is 96.0 cm³/mol. The van der Waals surface area contributed by atoms with Crippen LogP contribution in [0.25, 0.3) is 0 Å². The molecule has 24 heavy (non-hydrogen) atoms. The highest BCUT2D eigenvalue weighted by atomic mass is 79.9. The minimum Gasteiger partial charge on any atom is -0.444 e. The van der Waals surface area contributed by atoms with E-state index in [1.165, 1.54) is 17.2 Å². The Morgan fingerprint density at radius 3 is 2.38 bits per heavy atom. The molecular formula is C18H21BrN2O3. The number of carbonyl (C=O) groups is 2. The van der Waals surface area contributed by atoms with E-state index in [1.54, 1.807) is 6.07 Å². The van der Waals surface area contributed by atoms with Crippen LogP contribution in [0.3, 0.4) is 0 Å². The first-order chi connectivity index (χ1) is 11.5. The Kier molecular flexibility index (Phi) is 6.61. The first-order valence-corrected chi connectivity index (χ1v) is 8.64. The largest absolute Gasteiger partial charge is 0.444 e. The summed E-state index contributed by atoms with van der Waals surface area (Å²) >= 11 is 3.12. The minimum absolute atomic E-state index is 0.0799. The Hall–Kier alpha value is -2.08. The lowest BCUT2D eigenvalue weighted by atomic mass is 10.0. The van der Waals surface area contributed by atoms with Gasteiger partial charge in [0.15, 0.2) is 10.4 Å². The van der Waals surface area contributed by atoms with Crippen molar-refractivity contribution in [2.45, 2.75) is 26.2 Å². The number of amides is 2. The average Bonchev–Trinajstić information content (AvgIpc) is 2.99. The number of hydrogen-bond acceptors (Lipinski definition) is 3. The van der Waals surface area contributed by atoms with Crippen LogP contribution < -0.4 is 10.6 Å². The standard InChI is InChI=1S/C18H21BrN2O3/c1-12(2)14-5-3-13(4-6-14)9-10-20-17(22)11-21-18(23)15-7-8-16(19)24-15/h3-8,12H,9-11H2,1-2H3,(H,20,22)(H,21,23). The van der Waals surface area contributed by atoms with Crippen molar-refractivity contribution in [2.24, 2.45) is 0 Å². The molecule has 0 spiro atoms. The maximum absolute atomic E-state index is 11.8. The maximum atomic E-state index is 11.8. The van der Waals surface area contributed by atoms with Gasteiger partial charge < -0.3 is 15.1 Å². The molecule has 1 heterocycles. The Morgan fingerprint density at radius 1 is 1.08 bits per heavy atom. The smallest absolute Gasteiger partial charge is 0.287 e. The zero-order valence-electron chi connectivity index (χ0n) is 13.8. The van der Waals surface area contributed by atoms with Crippen molar-refractivity contribution in [3.05, 3.63) is 58.0 Å². The van der Waals surface area contributed by atoms with E-state index in [2.05, 4.69) is 64.7 Å². The summed E-state index contributed by atoms with van der Waals surface area (Å²) in [6.07, 6.45) is 0.753. The summed E-state index contributed by atoms with van der Waals surface area (Å²) in [6.45, 7) is 4.77. The molecule has 2 aromatic rings. The second kappa shape index (κ2) is 8.68. The van der Waals surface area contributed by atoms with Crippen LogP contribution in [0.1, 0.15) is 41.4 Å². The van der Waals surface area contributed by atoms with Gasteiger partial charge in [0.1, 0.15) is 0 Å². The molecule has 0 atom stereocenters. The zero-order chi connectivity index (χ0) is 17.5. The lowest BCUT2D eigenvalue weighted by Crippen LogP contribution is -2.37. The molecule has 5 nitrogen and oxygen atoms in total. The van der Waals surface area contributed by atoms with Crippen molar-refractivity contribution in [1.82, 2.24) is 10.6 Å². The number of hydrogen-bond donors (Lipinski definition) is 2. The van der Waals surface area contributed by atoms with Crippen LogP contribution in [-0.4, -0.2) is 24.9 Å². The van der Waals surface area contributed by atoms with Crippen LogP contribution in [0.15, 0.2) is 45.5 Å². The van der Waals surface area contributed by atoms with Crippen LogP contribution in [0.4, 0.5) is 0 Å². The molecule has 0 radical (unpaired) electrons. The second-order valence-electron chi connectivity index (χ2n) is 5.78. The van der Waals surface area contributed by atoms with Crippen LogP contribution in [0, 0.1) is 0 Å². The van der Waals surface area contributed by atoms with Gasteiger partial charge >= 0.3 is 0 Å². The van der Waals surface area contributed by atoms with Gasteiger partial charge in [-0.1, -0.05) is 38.1 Å². The Morgan fingerprint density at radius 2 is 1.79 bits per heavy atom. The lowest BCUT2D eigenvalue weighted by Gasteiger charge is -2.08. The second-order valence-corrected chi connectivity index (χ2v) is 6.56. The van der Waals surface area contributed by atoms with Gasteiger partial charge in [-0.25, -0.2) is 0 Å². The quantitative estimate of drug-likeness (QED) is 0.759. The van der Waals surface area contributed by atoms with Gasteiger partial charge in [0.2, 0.25) is 5.91 Å². The SMILES string of the molecule is CC(C)c1ccc(CCNC(=O)CNC(=O)c2ccc(Br)o2)cc1. The molecule has 1 aromatic heterocycles. The van der Waals surface area contributed by atoms with Crippen molar-refractivity contribution >= 4 is 27.7 Å². The zero-order valence-corrected chi connectivity index (χ0v) is 15.4. The highest BCUT2D eigenvalue weighted by molar-refractivity contribution is 9.10. The summed E-state index contributed by atoms with van der Waals surface area (Å²) in [7, 11) is 0. The monoisotopic (exact) mass is 392 g/mol. The van der Waals surface area contributed by atoms with Crippen LogP contribution in [0.5, 0.6) is 0 Å². The molecule has 128 valence electrons. The average molecular weight is 393 g/mol. The van der Waals surface area contributed by atoms with Gasteiger partial charge in [0, 0.05) is 6.54 Å². The van der Waals surface area contributed by atoms with E-state index in [0.29, 0.717) is 17.1 Å². The first kappa shape index (κ1) is 18.3. The van der Waals surface area contributed by atoms with Crippen LogP contribution in [0.2, 0.25) is 0 Å². The molecule has 0 aliphatic heterocycles. The molecule has 0 unspecified atom stereocenters. The molecule has 0 saturated heterocycles. The van der Waals surface area contributed by atoms with E-state index in [4.69, 9.17) is 4.42 Å². The Balaban J connectivity index is 1.68. The Labute approximate surface area is 149 Å². The minimum atomic E-state index is -0.417. The third kappa shape index (κ3) is 5.53. The molecule has 2 amide bonds. The normalized spacial score (nSPS) is 10.7. The van der Waals surface area contributed by atoms with Gasteiger partial charge in [-0.05, 0) is 51.5 Å². The highest BCUT2D eigenvalue weighted by Gasteiger charge is 2.11. The first-order valence-electron chi connectivity index (χ1n) is 7.85. The predicted octanol–water partition coefficient (Wildman–Crippen LogP) is 3.25. The van der Waals surface area contributed by atoms with Gasteiger partial charge in [0.05, 0.1) is 6.54 Å². The molecular weight excluding hydrogens is 372 g/mol. The Bertz CT molecular complexity index is 693. The number of furan rings is 1. The summed E-state index contributed by atoms with van der Waals surface area (Å²) in [5.74, 6) is 0.0324. The molecule has 1 aromatic carbocycles. The van der Waals surface area contributed by atoms with Gasteiger partial charge in [-0.3, -0.25) is 9.59 Å². The van der Waals surface area contributed by atoms with Crippen molar-refractivity contribution in [1.29, 1.82) is 0 Å². The molecule has 0 bridgehead atoms.